The number of aromatic nitrogens is 3. The number of carboxylic acids is 1. The Morgan fingerprint density at radius 2 is 1.72 bits per heavy atom. The van der Waals surface area contributed by atoms with Crippen LogP contribution >= 0.6 is 23.2 Å². The van der Waals surface area contributed by atoms with Crippen LogP contribution in [-0.4, -0.2) is 67.5 Å². The minimum absolute atomic E-state index is 0.0881. The van der Waals surface area contributed by atoms with Gasteiger partial charge in [0.2, 0.25) is 5.91 Å². The van der Waals surface area contributed by atoms with E-state index < -0.39 is 59.6 Å². The van der Waals surface area contributed by atoms with Gasteiger partial charge in [-0.1, -0.05) is 23.2 Å². The number of carboxylic acid groups (broad SMARTS) is 1. The summed E-state index contributed by atoms with van der Waals surface area (Å²) in [6.45, 7) is -0.899. The summed E-state index contributed by atoms with van der Waals surface area (Å²) in [6, 6.07) is -1.33. The van der Waals surface area contributed by atoms with E-state index in [0.717, 1.165) is 15.8 Å². The second-order valence-corrected chi connectivity index (χ2v) is 10.4. The number of hydrogen-bond donors (Lipinski definition) is 2. The van der Waals surface area contributed by atoms with Crippen molar-refractivity contribution in [3.63, 3.8) is 0 Å². The van der Waals surface area contributed by atoms with E-state index in [0.29, 0.717) is 6.42 Å². The Morgan fingerprint density at radius 1 is 1.08 bits per heavy atom. The molecule has 1 aliphatic heterocycles. The predicted molar refractivity (Wildman–Crippen MR) is 132 cm³/mol. The number of ketones is 1. The van der Waals surface area contributed by atoms with E-state index in [9.17, 15) is 37.5 Å². The van der Waals surface area contributed by atoms with E-state index in [-0.39, 0.29) is 60.2 Å². The van der Waals surface area contributed by atoms with E-state index in [1.54, 1.807) is 0 Å². The van der Waals surface area contributed by atoms with Crippen molar-refractivity contribution in [3.05, 3.63) is 45.5 Å². The molecule has 2 N–H and O–H groups in total. The van der Waals surface area contributed by atoms with Crippen LogP contribution < -0.4 is 5.32 Å². The van der Waals surface area contributed by atoms with Crippen molar-refractivity contribution in [2.75, 3.05) is 13.1 Å². The van der Waals surface area contributed by atoms with Gasteiger partial charge in [0.1, 0.15) is 0 Å². The van der Waals surface area contributed by atoms with Gasteiger partial charge in [0.05, 0.1) is 45.9 Å². The number of nitrogens with one attached hydrogen (secondary N) is 1. The number of carbonyl (C=O) groups excluding carboxylic acids is 3. The fourth-order valence-corrected chi connectivity index (χ4v) is 5.62. The molecule has 0 bridgehead atoms. The third-order valence-corrected chi connectivity index (χ3v) is 7.54. The van der Waals surface area contributed by atoms with Crippen LogP contribution in [0.5, 0.6) is 0 Å². The van der Waals surface area contributed by atoms with E-state index in [1.165, 1.54) is 12.4 Å². The Hall–Kier alpha value is -3.19. The molecule has 0 radical (unpaired) electrons. The van der Waals surface area contributed by atoms with Crippen molar-refractivity contribution in [1.29, 1.82) is 0 Å². The third kappa shape index (κ3) is 6.35. The van der Waals surface area contributed by atoms with Crippen molar-refractivity contribution in [3.8, 4) is 0 Å². The number of rotatable bonds is 8. The molecule has 2 amide bonds. The number of nitrogens with zero attached hydrogens (tertiary/aromatic N) is 4. The van der Waals surface area contributed by atoms with Crippen molar-refractivity contribution in [2.45, 2.75) is 56.8 Å². The van der Waals surface area contributed by atoms with Gasteiger partial charge in [0.25, 0.3) is 5.91 Å². The smallest absolute Gasteiger partial charge is 0.433 e. The maximum Gasteiger partial charge on any atom is 0.433 e. The van der Waals surface area contributed by atoms with Gasteiger partial charge in [-0.2, -0.15) is 18.3 Å². The van der Waals surface area contributed by atoms with Gasteiger partial charge in [-0.3, -0.25) is 28.8 Å². The molecule has 3 heterocycles. The Balaban J connectivity index is 1.66. The van der Waals surface area contributed by atoms with Crippen molar-refractivity contribution < 1.29 is 37.5 Å². The number of pyridine rings is 1. The first kappa shape index (κ1) is 28.8. The zero-order chi connectivity index (χ0) is 28.5. The Morgan fingerprint density at radius 3 is 2.26 bits per heavy atom. The third-order valence-electron chi connectivity index (χ3n) is 6.97. The number of Topliss-reactive ketones (excluding diaryl/α,β-unsaturated/α-hetero) is 1. The Kier molecular flexibility index (Phi) is 8.50. The standard InChI is InChI=1S/C24H24Cl2F3N5O5/c25-16-8-30-9-17(26)20(16)18(35)11-33(10-13-3-6-19(36)32-13)22(37)15-7-31-34(21(15)24(27,28)29)14-4-1-12(2-5-14)23(38)39/h7-9,12-14H,1-6,10-11H2,(H,32,36)(H,38,39)/t12-,13-,14-/m0/s1. The highest BCUT2D eigenvalue weighted by Crippen LogP contribution is 2.39. The van der Waals surface area contributed by atoms with Crippen LogP contribution in [0.1, 0.15) is 71.0 Å². The van der Waals surface area contributed by atoms with Crippen LogP contribution in [0.25, 0.3) is 0 Å². The first-order chi connectivity index (χ1) is 18.4. The van der Waals surface area contributed by atoms with Crippen LogP contribution in [-0.2, 0) is 15.8 Å². The summed E-state index contributed by atoms with van der Waals surface area (Å²) in [4.78, 5) is 54.4. The molecule has 210 valence electrons. The number of alkyl halides is 3. The Bertz CT molecular complexity index is 1270. The second kappa shape index (κ2) is 11.5. The molecular weight excluding hydrogens is 566 g/mol. The fourth-order valence-electron chi connectivity index (χ4n) is 5.05. The topological polar surface area (TPSA) is 134 Å². The zero-order valence-corrected chi connectivity index (χ0v) is 21.9. The zero-order valence-electron chi connectivity index (χ0n) is 20.4. The molecule has 1 saturated heterocycles. The summed E-state index contributed by atoms with van der Waals surface area (Å²) in [6.07, 6.45) is -0.671. The van der Waals surface area contributed by atoms with Gasteiger partial charge >= 0.3 is 12.1 Å². The minimum Gasteiger partial charge on any atom is -0.481 e. The molecular formula is C24H24Cl2F3N5O5. The molecule has 39 heavy (non-hydrogen) atoms. The van der Waals surface area contributed by atoms with E-state index in [1.807, 2.05) is 0 Å². The maximum atomic E-state index is 14.3. The summed E-state index contributed by atoms with van der Waals surface area (Å²) < 4.78 is 43.7. The van der Waals surface area contributed by atoms with Crippen LogP contribution in [0.15, 0.2) is 18.6 Å². The lowest BCUT2D eigenvalue weighted by atomic mass is 9.86. The molecule has 1 atom stereocenters. The average molecular weight is 590 g/mol. The highest BCUT2D eigenvalue weighted by atomic mass is 35.5. The van der Waals surface area contributed by atoms with E-state index in [2.05, 4.69) is 15.4 Å². The van der Waals surface area contributed by atoms with Crippen LogP contribution in [0, 0.1) is 5.92 Å². The van der Waals surface area contributed by atoms with Gasteiger partial charge < -0.3 is 15.3 Å². The van der Waals surface area contributed by atoms with Gasteiger partial charge in [-0.05, 0) is 32.1 Å². The quantitative estimate of drug-likeness (QED) is 0.444. The minimum atomic E-state index is -4.97. The van der Waals surface area contributed by atoms with Crippen molar-refractivity contribution >= 4 is 46.8 Å². The number of aliphatic carboxylic acids is 1. The van der Waals surface area contributed by atoms with E-state index >= 15 is 0 Å². The molecule has 2 aromatic rings. The summed E-state index contributed by atoms with van der Waals surface area (Å²) in [5.74, 6) is -3.77. The molecule has 1 saturated carbocycles. The largest absolute Gasteiger partial charge is 0.481 e. The molecule has 4 rings (SSSR count). The molecule has 2 aliphatic rings. The highest BCUT2D eigenvalue weighted by Gasteiger charge is 2.43. The van der Waals surface area contributed by atoms with Crippen molar-refractivity contribution in [2.24, 2.45) is 5.92 Å². The molecule has 0 unspecified atom stereocenters. The van der Waals surface area contributed by atoms with Crippen LogP contribution in [0.2, 0.25) is 10.0 Å². The lowest BCUT2D eigenvalue weighted by Gasteiger charge is -2.29. The van der Waals surface area contributed by atoms with Gasteiger partial charge in [0.15, 0.2) is 11.5 Å². The average Bonchev–Trinajstić information content (AvgIpc) is 3.49. The molecule has 1 aliphatic carbocycles. The maximum absolute atomic E-state index is 14.3. The lowest BCUT2D eigenvalue weighted by molar-refractivity contribution is -0.147. The number of amides is 2. The summed E-state index contributed by atoms with van der Waals surface area (Å²) in [5, 5.41) is 15.6. The van der Waals surface area contributed by atoms with E-state index in [4.69, 9.17) is 23.2 Å². The summed E-state index contributed by atoms with van der Waals surface area (Å²) >= 11 is 12.1. The van der Waals surface area contributed by atoms with Gasteiger partial charge in [-0.15, -0.1) is 0 Å². The summed E-state index contributed by atoms with van der Waals surface area (Å²) in [7, 11) is 0. The van der Waals surface area contributed by atoms with Crippen LogP contribution in [0.3, 0.4) is 0 Å². The number of carbonyl (C=O) groups is 4. The second-order valence-electron chi connectivity index (χ2n) is 9.58. The normalized spacial score (nSPS) is 21.5. The van der Waals surface area contributed by atoms with Crippen LogP contribution in [0.4, 0.5) is 13.2 Å². The van der Waals surface area contributed by atoms with Gasteiger partial charge in [0, 0.05) is 31.4 Å². The number of hydrogen-bond acceptors (Lipinski definition) is 6. The first-order valence-electron chi connectivity index (χ1n) is 12.1. The lowest BCUT2D eigenvalue weighted by Crippen LogP contribution is -2.44. The van der Waals surface area contributed by atoms with Gasteiger partial charge in [-0.25, -0.2) is 0 Å². The number of halogens is 5. The highest BCUT2D eigenvalue weighted by molar-refractivity contribution is 6.39. The molecule has 15 heteroatoms. The van der Waals surface area contributed by atoms with Crippen molar-refractivity contribution in [1.82, 2.24) is 25.0 Å². The molecule has 0 aromatic carbocycles. The SMILES string of the molecule is O=C1CC[C@@H](CN(CC(=O)c2c(Cl)cncc2Cl)C(=O)c2cnn([C@H]3CC[C@H](C(=O)O)CC3)c2C(F)(F)F)N1. The molecule has 2 fully saturated rings. The monoisotopic (exact) mass is 589 g/mol. The first-order valence-corrected chi connectivity index (χ1v) is 12.9. The molecule has 2 aromatic heterocycles. The fraction of sp³-hybridized carbons (Fsp3) is 0.500. The predicted octanol–water partition coefficient (Wildman–Crippen LogP) is 4.02. The molecule has 10 nitrogen and oxygen atoms in total. The summed E-state index contributed by atoms with van der Waals surface area (Å²) in [5.41, 5.74) is -2.17. The molecule has 0 spiro atoms. The Labute approximate surface area is 230 Å².